The van der Waals surface area contributed by atoms with E-state index in [4.69, 9.17) is 4.42 Å². The molecule has 31 heavy (non-hydrogen) atoms. The smallest absolute Gasteiger partial charge is 0.279 e. The zero-order chi connectivity index (χ0) is 22.1. The molecule has 1 aromatic heterocycles. The summed E-state index contributed by atoms with van der Waals surface area (Å²) in [5.74, 6) is 0.363. The fourth-order valence-electron chi connectivity index (χ4n) is 3.33. The molecule has 1 aliphatic heterocycles. The van der Waals surface area contributed by atoms with Gasteiger partial charge in [-0.1, -0.05) is 36.4 Å². The summed E-state index contributed by atoms with van der Waals surface area (Å²) in [6.07, 6.45) is 1.70. The molecule has 1 aliphatic rings. The first kappa shape index (κ1) is 21.1. The molecule has 0 saturated heterocycles. The molecule has 162 valence electrons. The molecule has 3 aromatic rings. The van der Waals surface area contributed by atoms with E-state index in [1.54, 1.807) is 61.5 Å². The molecule has 0 amide bonds. The second-order valence-corrected chi connectivity index (χ2v) is 10.7. The lowest BCUT2D eigenvalue weighted by atomic mass is 10.0. The van der Waals surface area contributed by atoms with Crippen molar-refractivity contribution in [2.45, 2.75) is 24.3 Å². The highest BCUT2D eigenvalue weighted by Gasteiger charge is 2.39. The molecule has 0 bridgehead atoms. The van der Waals surface area contributed by atoms with Crippen LogP contribution in [0.4, 0.5) is 5.69 Å². The van der Waals surface area contributed by atoms with E-state index in [-0.39, 0.29) is 17.1 Å². The maximum atomic E-state index is 13.3. The van der Waals surface area contributed by atoms with Gasteiger partial charge in [0.1, 0.15) is 11.8 Å². The van der Waals surface area contributed by atoms with Gasteiger partial charge in [-0.3, -0.25) is 4.72 Å². The Morgan fingerprint density at radius 3 is 2.39 bits per heavy atom. The molecule has 0 saturated carbocycles. The lowest BCUT2D eigenvalue weighted by Gasteiger charge is -2.21. The molecular weight excluding hydrogens is 438 g/mol. The van der Waals surface area contributed by atoms with Crippen molar-refractivity contribution >= 4 is 31.4 Å². The van der Waals surface area contributed by atoms with E-state index < -0.39 is 26.1 Å². The number of sulfonamides is 2. The van der Waals surface area contributed by atoms with Crippen molar-refractivity contribution in [1.82, 2.24) is 4.41 Å². The van der Waals surface area contributed by atoms with Crippen LogP contribution in [0.3, 0.4) is 0 Å². The molecule has 4 rings (SSSR count). The van der Waals surface area contributed by atoms with Gasteiger partial charge in [0, 0.05) is 12.0 Å². The standard InChI is InChI=1S/C21H21N3O5S2/c1-2-30(25,26)23-18-12-7-6-11-17(18)19-15-20(21-13-8-14-29-21)24(22-19)31(27,28)16-9-4-3-5-10-16/h3-14,20,23H,2,15H2,1H3/t20-/m0/s1. The average molecular weight is 460 g/mol. The third-order valence-corrected chi connectivity index (χ3v) is 7.90. The van der Waals surface area contributed by atoms with Gasteiger partial charge in [0.2, 0.25) is 10.0 Å². The van der Waals surface area contributed by atoms with Crippen molar-refractivity contribution in [1.29, 1.82) is 0 Å². The van der Waals surface area contributed by atoms with Gasteiger partial charge in [-0.2, -0.15) is 17.9 Å². The summed E-state index contributed by atoms with van der Waals surface area (Å²) >= 11 is 0. The number of hydrogen-bond acceptors (Lipinski definition) is 6. The molecule has 8 nitrogen and oxygen atoms in total. The first-order chi connectivity index (χ1) is 14.8. The van der Waals surface area contributed by atoms with Crippen molar-refractivity contribution in [3.05, 3.63) is 84.3 Å². The van der Waals surface area contributed by atoms with Gasteiger partial charge in [-0.15, -0.1) is 0 Å². The van der Waals surface area contributed by atoms with Gasteiger partial charge >= 0.3 is 0 Å². The number of para-hydroxylation sites is 1. The van der Waals surface area contributed by atoms with Crippen LogP contribution in [0.5, 0.6) is 0 Å². The summed E-state index contributed by atoms with van der Waals surface area (Å²) in [6.45, 7) is 1.54. The van der Waals surface area contributed by atoms with Crippen molar-refractivity contribution in [2.75, 3.05) is 10.5 Å². The van der Waals surface area contributed by atoms with Crippen LogP contribution in [-0.4, -0.2) is 32.7 Å². The Balaban J connectivity index is 1.80. The number of furan rings is 1. The zero-order valence-corrected chi connectivity index (χ0v) is 18.3. The molecule has 0 aliphatic carbocycles. The highest BCUT2D eigenvalue weighted by Crippen LogP contribution is 2.38. The summed E-state index contributed by atoms with van der Waals surface area (Å²) in [4.78, 5) is 0.108. The van der Waals surface area contributed by atoms with E-state index in [0.29, 0.717) is 22.7 Å². The van der Waals surface area contributed by atoms with E-state index in [1.165, 1.54) is 18.4 Å². The predicted molar refractivity (Wildman–Crippen MR) is 118 cm³/mol. The third-order valence-electron chi connectivity index (χ3n) is 4.91. The minimum Gasteiger partial charge on any atom is -0.467 e. The fraction of sp³-hybridized carbons (Fsp3) is 0.190. The van der Waals surface area contributed by atoms with Gasteiger partial charge in [-0.05, 0) is 37.3 Å². The van der Waals surface area contributed by atoms with Crippen LogP contribution in [0.2, 0.25) is 0 Å². The first-order valence-electron chi connectivity index (χ1n) is 9.62. The summed E-state index contributed by atoms with van der Waals surface area (Å²) in [5.41, 5.74) is 1.30. The molecule has 1 atom stereocenters. The molecule has 10 heteroatoms. The minimum atomic E-state index is -3.96. The third kappa shape index (κ3) is 4.21. The zero-order valence-electron chi connectivity index (χ0n) is 16.7. The summed E-state index contributed by atoms with van der Waals surface area (Å²) in [5, 5.41) is 4.43. The second-order valence-electron chi connectivity index (χ2n) is 6.92. The van der Waals surface area contributed by atoms with Crippen LogP contribution >= 0.6 is 0 Å². The highest BCUT2D eigenvalue weighted by atomic mass is 32.2. The summed E-state index contributed by atoms with van der Waals surface area (Å²) in [6, 6.07) is 17.5. The van der Waals surface area contributed by atoms with Crippen molar-refractivity contribution in [2.24, 2.45) is 5.10 Å². The monoisotopic (exact) mass is 459 g/mol. The molecule has 0 spiro atoms. The maximum Gasteiger partial charge on any atom is 0.279 e. The average Bonchev–Trinajstić information content (AvgIpc) is 3.45. The topological polar surface area (TPSA) is 109 Å². The number of nitrogens with one attached hydrogen (secondary N) is 1. The van der Waals surface area contributed by atoms with Crippen LogP contribution in [0.1, 0.15) is 30.7 Å². The molecule has 2 heterocycles. The van der Waals surface area contributed by atoms with E-state index in [2.05, 4.69) is 9.82 Å². The summed E-state index contributed by atoms with van der Waals surface area (Å²) in [7, 11) is -7.48. The second kappa shape index (κ2) is 8.20. The number of nitrogens with zero attached hydrogens (tertiary/aromatic N) is 2. The van der Waals surface area contributed by atoms with E-state index >= 15 is 0 Å². The normalized spacial score (nSPS) is 16.9. The van der Waals surface area contributed by atoms with Crippen LogP contribution in [0, 0.1) is 0 Å². The van der Waals surface area contributed by atoms with Gasteiger partial charge in [0.25, 0.3) is 10.0 Å². The fourth-order valence-corrected chi connectivity index (χ4v) is 5.42. The van der Waals surface area contributed by atoms with Crippen molar-refractivity contribution in [3.63, 3.8) is 0 Å². The Morgan fingerprint density at radius 2 is 1.71 bits per heavy atom. The van der Waals surface area contributed by atoms with Crippen molar-refractivity contribution < 1.29 is 21.3 Å². The highest BCUT2D eigenvalue weighted by molar-refractivity contribution is 7.92. The number of anilines is 1. The quantitative estimate of drug-likeness (QED) is 0.581. The number of hydrazone groups is 1. The largest absolute Gasteiger partial charge is 0.467 e. The first-order valence-corrected chi connectivity index (χ1v) is 12.7. The Kier molecular flexibility index (Phi) is 5.59. The van der Waals surface area contributed by atoms with Crippen LogP contribution < -0.4 is 4.72 Å². The molecule has 2 aromatic carbocycles. The Morgan fingerprint density at radius 1 is 1.00 bits per heavy atom. The van der Waals surface area contributed by atoms with E-state index in [1.807, 2.05) is 0 Å². The van der Waals surface area contributed by atoms with E-state index in [9.17, 15) is 16.8 Å². The van der Waals surface area contributed by atoms with E-state index in [0.717, 1.165) is 4.41 Å². The van der Waals surface area contributed by atoms with Gasteiger partial charge in [0.15, 0.2) is 0 Å². The van der Waals surface area contributed by atoms with Crippen molar-refractivity contribution in [3.8, 4) is 0 Å². The lowest BCUT2D eigenvalue weighted by Crippen LogP contribution is -2.27. The van der Waals surface area contributed by atoms with Gasteiger partial charge in [-0.25, -0.2) is 8.42 Å². The number of hydrogen-bond donors (Lipinski definition) is 1. The molecule has 0 fully saturated rings. The molecule has 0 radical (unpaired) electrons. The lowest BCUT2D eigenvalue weighted by molar-refractivity contribution is 0.320. The Hall–Kier alpha value is -3.11. The van der Waals surface area contributed by atoms with Crippen LogP contribution in [0.25, 0.3) is 0 Å². The minimum absolute atomic E-state index is 0.0860. The van der Waals surface area contributed by atoms with Crippen LogP contribution in [-0.2, 0) is 20.0 Å². The number of rotatable bonds is 7. The summed E-state index contributed by atoms with van der Waals surface area (Å²) < 4.78 is 60.0. The molecule has 0 unspecified atom stereocenters. The maximum absolute atomic E-state index is 13.3. The Bertz CT molecular complexity index is 1300. The number of benzene rings is 2. The molecular formula is C21H21N3O5S2. The predicted octanol–water partition coefficient (Wildman–Crippen LogP) is 3.58. The van der Waals surface area contributed by atoms with Gasteiger partial charge in [0.05, 0.1) is 28.3 Å². The van der Waals surface area contributed by atoms with Crippen LogP contribution in [0.15, 0.2) is 87.4 Å². The SMILES string of the molecule is CCS(=O)(=O)Nc1ccccc1C1=NN(S(=O)(=O)c2ccccc2)[C@H](c2ccco2)C1. The van der Waals surface area contributed by atoms with Gasteiger partial charge < -0.3 is 4.42 Å². The Labute approximate surface area is 181 Å². The molecule has 1 N–H and O–H groups in total.